The molecule has 0 bridgehead atoms. The van der Waals surface area contributed by atoms with Crippen LogP contribution in [-0.2, 0) is 0 Å². The fourth-order valence-corrected chi connectivity index (χ4v) is 4.13. The van der Waals surface area contributed by atoms with E-state index in [0.717, 1.165) is 35.9 Å². The molecule has 132 valence electrons. The van der Waals surface area contributed by atoms with Crippen LogP contribution in [-0.4, -0.2) is 33.6 Å². The second-order valence-corrected chi connectivity index (χ2v) is 8.16. The molecule has 2 aromatic rings. The van der Waals surface area contributed by atoms with Crippen molar-refractivity contribution in [3.8, 4) is 0 Å². The molecule has 0 radical (unpaired) electrons. The van der Waals surface area contributed by atoms with Crippen LogP contribution in [0.4, 0.5) is 5.95 Å². The average Bonchev–Trinajstić information content (AvgIpc) is 3.40. The molecule has 0 atom stereocenters. The number of anilines is 1. The summed E-state index contributed by atoms with van der Waals surface area (Å²) in [5.41, 5.74) is 1.25. The van der Waals surface area contributed by atoms with Gasteiger partial charge in [-0.3, -0.25) is 4.57 Å². The zero-order valence-electron chi connectivity index (χ0n) is 14.8. The summed E-state index contributed by atoms with van der Waals surface area (Å²) in [5, 5.41) is 10.2. The molecule has 1 aliphatic heterocycles. The van der Waals surface area contributed by atoms with Gasteiger partial charge >= 0.3 is 0 Å². The van der Waals surface area contributed by atoms with Gasteiger partial charge in [0.2, 0.25) is 5.95 Å². The first kappa shape index (κ1) is 16.7. The van der Waals surface area contributed by atoms with Gasteiger partial charge in [0.15, 0.2) is 5.16 Å². The maximum atomic E-state index is 4.56. The number of piperidine rings is 1. The second-order valence-electron chi connectivity index (χ2n) is 7.18. The first-order chi connectivity index (χ1) is 12.3. The lowest BCUT2D eigenvalue weighted by atomic mass is 10.00. The summed E-state index contributed by atoms with van der Waals surface area (Å²) < 4.78 is 2.40. The van der Waals surface area contributed by atoms with E-state index in [0.29, 0.717) is 6.04 Å². The van der Waals surface area contributed by atoms with Crippen molar-refractivity contribution < 1.29 is 0 Å². The Morgan fingerprint density at radius 1 is 1.08 bits per heavy atom. The van der Waals surface area contributed by atoms with Gasteiger partial charge in [-0.05, 0) is 37.2 Å². The Morgan fingerprint density at radius 2 is 1.84 bits per heavy atom. The molecule has 1 aromatic heterocycles. The maximum absolute atomic E-state index is 4.56. The van der Waals surface area contributed by atoms with Gasteiger partial charge in [-0.2, -0.15) is 0 Å². The predicted molar refractivity (Wildman–Crippen MR) is 105 cm³/mol. The van der Waals surface area contributed by atoms with Gasteiger partial charge in [-0.1, -0.05) is 61.2 Å². The van der Waals surface area contributed by atoms with Crippen molar-refractivity contribution in [2.24, 2.45) is 5.92 Å². The lowest BCUT2D eigenvalue weighted by Crippen LogP contribution is -2.34. The molecule has 0 N–H and O–H groups in total. The van der Waals surface area contributed by atoms with E-state index < -0.39 is 0 Å². The Balaban J connectivity index is 1.42. The lowest BCUT2D eigenvalue weighted by molar-refractivity contribution is 0.429. The number of aromatic nitrogens is 3. The van der Waals surface area contributed by atoms with Crippen LogP contribution in [0, 0.1) is 5.92 Å². The van der Waals surface area contributed by atoms with Gasteiger partial charge in [0, 0.05) is 24.9 Å². The number of benzene rings is 1. The van der Waals surface area contributed by atoms with E-state index in [1.807, 2.05) is 6.07 Å². The highest BCUT2D eigenvalue weighted by molar-refractivity contribution is 7.99. The van der Waals surface area contributed by atoms with E-state index >= 15 is 0 Å². The maximum Gasteiger partial charge on any atom is 0.228 e. The van der Waals surface area contributed by atoms with E-state index in [1.54, 1.807) is 11.8 Å². The van der Waals surface area contributed by atoms with Gasteiger partial charge in [0.1, 0.15) is 0 Å². The molecule has 25 heavy (non-hydrogen) atoms. The number of nitrogens with zero attached hydrogens (tertiary/aromatic N) is 4. The van der Waals surface area contributed by atoms with Crippen LogP contribution in [0.15, 0.2) is 41.6 Å². The van der Waals surface area contributed by atoms with Crippen molar-refractivity contribution in [3.63, 3.8) is 0 Å². The average molecular weight is 355 g/mol. The third-order valence-corrected chi connectivity index (χ3v) is 5.94. The number of thioether (sulfide) groups is 1. The first-order valence-electron chi connectivity index (χ1n) is 9.35. The topological polar surface area (TPSA) is 34.0 Å². The predicted octanol–water partition coefficient (Wildman–Crippen LogP) is 4.65. The van der Waals surface area contributed by atoms with Crippen LogP contribution in [0.3, 0.4) is 0 Å². The molecular weight excluding hydrogens is 328 g/mol. The summed E-state index contributed by atoms with van der Waals surface area (Å²) in [7, 11) is 0. The van der Waals surface area contributed by atoms with Gasteiger partial charge in [-0.15, -0.1) is 10.2 Å². The summed E-state index contributed by atoms with van der Waals surface area (Å²) in [4.78, 5) is 2.44. The SMILES string of the molecule is CC1CCN(c2nnc(SCC=Cc3ccccc3)n2C2CC2)CC1. The zero-order chi connectivity index (χ0) is 17.1. The van der Waals surface area contributed by atoms with E-state index in [2.05, 4.69) is 63.0 Å². The van der Waals surface area contributed by atoms with Crippen LogP contribution in [0.1, 0.15) is 44.2 Å². The van der Waals surface area contributed by atoms with Gasteiger partial charge in [0.25, 0.3) is 0 Å². The van der Waals surface area contributed by atoms with Crippen LogP contribution in [0.2, 0.25) is 0 Å². The molecule has 0 spiro atoms. The smallest absolute Gasteiger partial charge is 0.228 e. The second kappa shape index (κ2) is 7.65. The van der Waals surface area contributed by atoms with E-state index in [-0.39, 0.29) is 0 Å². The molecule has 1 saturated carbocycles. The molecule has 2 heterocycles. The van der Waals surface area contributed by atoms with Crippen molar-refractivity contribution in [1.29, 1.82) is 0 Å². The summed E-state index contributed by atoms with van der Waals surface area (Å²) in [6.07, 6.45) is 9.46. The molecule has 0 amide bonds. The summed E-state index contributed by atoms with van der Waals surface area (Å²) in [6, 6.07) is 11.1. The van der Waals surface area contributed by atoms with E-state index in [4.69, 9.17) is 0 Å². The third-order valence-electron chi connectivity index (χ3n) is 5.04. The standard InChI is InChI=1S/C20H26N4S/c1-16-11-13-23(14-12-16)19-21-22-20(24(19)18-9-10-18)25-15-5-8-17-6-3-2-4-7-17/h2-8,16,18H,9-15H2,1H3. The van der Waals surface area contributed by atoms with Crippen LogP contribution < -0.4 is 4.90 Å². The fourth-order valence-electron chi connectivity index (χ4n) is 3.32. The molecule has 4 rings (SSSR count). The molecule has 1 aliphatic carbocycles. The van der Waals surface area contributed by atoms with Crippen molar-refractivity contribution in [2.45, 2.75) is 43.8 Å². The molecule has 4 nitrogen and oxygen atoms in total. The van der Waals surface area contributed by atoms with Crippen molar-refractivity contribution in [2.75, 3.05) is 23.7 Å². The largest absolute Gasteiger partial charge is 0.341 e. The Bertz CT molecular complexity index is 713. The highest BCUT2D eigenvalue weighted by Crippen LogP contribution is 2.41. The van der Waals surface area contributed by atoms with Gasteiger partial charge in [-0.25, -0.2) is 0 Å². The summed E-state index contributed by atoms with van der Waals surface area (Å²) in [6.45, 7) is 4.58. The van der Waals surface area contributed by atoms with E-state index in [9.17, 15) is 0 Å². The molecule has 1 aromatic carbocycles. The lowest BCUT2D eigenvalue weighted by Gasteiger charge is -2.31. The van der Waals surface area contributed by atoms with Crippen LogP contribution >= 0.6 is 11.8 Å². The monoisotopic (exact) mass is 354 g/mol. The highest BCUT2D eigenvalue weighted by atomic mass is 32.2. The third kappa shape index (κ3) is 4.09. The Kier molecular flexibility index (Phi) is 5.11. The normalized spacial score (nSPS) is 19.0. The Morgan fingerprint density at radius 3 is 2.56 bits per heavy atom. The minimum absolute atomic E-state index is 0.616. The Hall–Kier alpha value is -1.75. The minimum Gasteiger partial charge on any atom is -0.341 e. The molecular formula is C20H26N4S. The van der Waals surface area contributed by atoms with Gasteiger partial charge in [0.05, 0.1) is 0 Å². The summed E-state index contributed by atoms with van der Waals surface area (Å²) in [5.74, 6) is 2.87. The highest BCUT2D eigenvalue weighted by Gasteiger charge is 2.32. The Labute approximate surface area is 154 Å². The fraction of sp³-hybridized carbons (Fsp3) is 0.500. The van der Waals surface area contributed by atoms with Crippen LogP contribution in [0.5, 0.6) is 0 Å². The van der Waals surface area contributed by atoms with E-state index in [1.165, 1.54) is 31.2 Å². The first-order valence-corrected chi connectivity index (χ1v) is 10.3. The molecule has 1 saturated heterocycles. The number of hydrogen-bond acceptors (Lipinski definition) is 4. The van der Waals surface area contributed by atoms with Crippen molar-refractivity contribution in [1.82, 2.24) is 14.8 Å². The quantitative estimate of drug-likeness (QED) is 0.707. The van der Waals surface area contributed by atoms with Crippen LogP contribution in [0.25, 0.3) is 6.08 Å². The van der Waals surface area contributed by atoms with Crippen molar-refractivity contribution >= 4 is 23.8 Å². The molecule has 5 heteroatoms. The van der Waals surface area contributed by atoms with Crippen molar-refractivity contribution in [3.05, 3.63) is 42.0 Å². The summed E-state index contributed by atoms with van der Waals surface area (Å²) >= 11 is 1.80. The minimum atomic E-state index is 0.616. The number of rotatable bonds is 6. The molecule has 2 aliphatic rings. The van der Waals surface area contributed by atoms with Gasteiger partial charge < -0.3 is 4.90 Å². The molecule has 2 fully saturated rings. The number of hydrogen-bond donors (Lipinski definition) is 0. The molecule has 0 unspecified atom stereocenters. The zero-order valence-corrected chi connectivity index (χ0v) is 15.7.